The van der Waals surface area contributed by atoms with Crippen molar-refractivity contribution in [2.45, 2.75) is 32.0 Å². The summed E-state index contributed by atoms with van der Waals surface area (Å²) in [4.78, 5) is 0. The van der Waals surface area contributed by atoms with Crippen LogP contribution in [0.2, 0.25) is 0 Å². The van der Waals surface area contributed by atoms with Crippen LogP contribution in [0.15, 0.2) is 18.2 Å². The van der Waals surface area contributed by atoms with Gasteiger partial charge in [-0.1, -0.05) is 6.07 Å². The van der Waals surface area contributed by atoms with Gasteiger partial charge in [-0.3, -0.25) is 0 Å². The molecule has 0 spiro atoms. The van der Waals surface area contributed by atoms with Gasteiger partial charge in [-0.25, -0.2) is 0 Å². The van der Waals surface area contributed by atoms with E-state index in [0.717, 1.165) is 26.9 Å². The van der Waals surface area contributed by atoms with E-state index in [-0.39, 0.29) is 5.13 Å². The van der Waals surface area contributed by atoms with Crippen LogP contribution in [0, 0.1) is 12.1 Å². The third kappa shape index (κ3) is 2.22. The Kier molecular flexibility index (Phi) is 3.24. The van der Waals surface area contributed by atoms with Gasteiger partial charge in [-0.15, -0.1) is 11.3 Å². The van der Waals surface area contributed by atoms with Crippen molar-refractivity contribution >= 4 is 34.0 Å². The Bertz CT molecular complexity index is 680. The van der Waals surface area contributed by atoms with Crippen molar-refractivity contribution in [1.82, 2.24) is 0 Å². The molecule has 6 heteroatoms. The maximum absolute atomic E-state index is 13.5. The molecule has 0 saturated carbocycles. The highest BCUT2D eigenvalue weighted by Gasteiger charge is 2.57. The first-order valence-electron chi connectivity index (χ1n) is 6.72. The number of thiophene rings is 1. The highest BCUT2D eigenvalue weighted by atomic mass is 32.1. The van der Waals surface area contributed by atoms with E-state index in [1.54, 1.807) is 7.11 Å². The average molecular weight is 307 g/mol. The zero-order valence-corrected chi connectivity index (χ0v) is 13.3. The Hall–Kier alpha value is -1.24. The average Bonchev–Trinajstić information content (AvgIpc) is 2.84. The summed E-state index contributed by atoms with van der Waals surface area (Å²) in [6.07, 6.45) is 0. The molecule has 1 aromatic carbocycles. The van der Waals surface area contributed by atoms with E-state index in [1.165, 1.54) is 6.07 Å². The molecule has 0 N–H and O–H groups in total. The van der Waals surface area contributed by atoms with Gasteiger partial charge in [0.15, 0.2) is 5.13 Å². The Morgan fingerprint density at radius 1 is 1.29 bits per heavy atom. The SMILES string of the molecule is [CH2+]C1(C)OB(c2ccc3sc(F)cc3c2OC)OC1(C)C. The van der Waals surface area contributed by atoms with Crippen LogP contribution < -0.4 is 10.2 Å². The minimum atomic E-state index is -0.669. The molecule has 2 aromatic rings. The number of hydrogen-bond donors (Lipinski definition) is 0. The number of ether oxygens (including phenoxy) is 1. The molecule has 0 radical (unpaired) electrons. The fourth-order valence-corrected chi connectivity index (χ4v) is 3.19. The predicted molar refractivity (Wildman–Crippen MR) is 83.7 cm³/mol. The van der Waals surface area contributed by atoms with Gasteiger partial charge in [0.1, 0.15) is 11.4 Å². The Morgan fingerprint density at radius 2 is 2.00 bits per heavy atom. The van der Waals surface area contributed by atoms with Crippen molar-refractivity contribution in [3.63, 3.8) is 0 Å². The first kappa shape index (κ1) is 14.7. The van der Waals surface area contributed by atoms with E-state index < -0.39 is 18.3 Å². The monoisotopic (exact) mass is 307 g/mol. The molecule has 0 aliphatic carbocycles. The highest BCUT2D eigenvalue weighted by molar-refractivity contribution is 7.17. The Labute approximate surface area is 128 Å². The first-order valence-corrected chi connectivity index (χ1v) is 7.54. The summed E-state index contributed by atoms with van der Waals surface area (Å²) >= 11 is 1.09. The lowest BCUT2D eigenvalue weighted by molar-refractivity contribution is 0.0262. The van der Waals surface area contributed by atoms with E-state index in [2.05, 4.69) is 6.92 Å². The molecule has 2 heterocycles. The molecular formula is C15H17BFO3S+. The van der Waals surface area contributed by atoms with E-state index in [0.29, 0.717) is 5.75 Å². The molecule has 1 fully saturated rings. The summed E-state index contributed by atoms with van der Waals surface area (Å²) in [6.45, 7) is 9.84. The number of rotatable bonds is 2. The predicted octanol–water partition coefficient (Wildman–Crippen LogP) is 3.16. The molecule has 3 nitrogen and oxygen atoms in total. The maximum atomic E-state index is 13.5. The van der Waals surface area contributed by atoms with Crippen molar-refractivity contribution < 1.29 is 18.4 Å². The molecule has 0 bridgehead atoms. The normalized spacial score (nSPS) is 24.7. The second-order valence-corrected chi connectivity index (χ2v) is 6.99. The molecule has 0 amide bonds. The van der Waals surface area contributed by atoms with Gasteiger partial charge in [0, 0.05) is 22.5 Å². The van der Waals surface area contributed by atoms with Gasteiger partial charge < -0.3 is 14.0 Å². The molecule has 3 rings (SSSR count). The minimum absolute atomic E-state index is 0.240. The van der Waals surface area contributed by atoms with Crippen LogP contribution in [-0.2, 0) is 9.31 Å². The van der Waals surface area contributed by atoms with Gasteiger partial charge >= 0.3 is 7.12 Å². The van der Waals surface area contributed by atoms with Crippen LogP contribution in [-0.4, -0.2) is 25.4 Å². The number of hydrogen-bond acceptors (Lipinski definition) is 4. The van der Waals surface area contributed by atoms with Crippen molar-refractivity contribution in [2.75, 3.05) is 7.11 Å². The summed E-state index contributed by atoms with van der Waals surface area (Å²) in [7, 11) is 0.988. The van der Waals surface area contributed by atoms with Crippen molar-refractivity contribution in [1.29, 1.82) is 0 Å². The topological polar surface area (TPSA) is 27.7 Å². The third-order valence-electron chi connectivity index (χ3n) is 4.15. The van der Waals surface area contributed by atoms with Crippen LogP contribution in [0.3, 0.4) is 0 Å². The van der Waals surface area contributed by atoms with Crippen molar-refractivity contribution in [2.24, 2.45) is 0 Å². The lowest BCUT2D eigenvalue weighted by atomic mass is 9.78. The molecule has 110 valence electrons. The Morgan fingerprint density at radius 3 is 2.57 bits per heavy atom. The van der Waals surface area contributed by atoms with Crippen LogP contribution >= 0.6 is 11.3 Å². The second kappa shape index (κ2) is 4.63. The quantitative estimate of drug-likeness (QED) is 0.630. The van der Waals surface area contributed by atoms with Gasteiger partial charge in [0.2, 0.25) is 5.60 Å². The molecule has 1 aliphatic heterocycles. The maximum Gasteiger partial charge on any atom is 0.501 e. The summed E-state index contributed by atoms with van der Waals surface area (Å²) in [5.74, 6) is 0.589. The fourth-order valence-electron chi connectivity index (χ4n) is 2.41. The summed E-state index contributed by atoms with van der Waals surface area (Å²) in [5, 5.41) is 0.496. The fraction of sp³-hybridized carbons (Fsp3) is 0.400. The number of benzene rings is 1. The lowest BCUT2D eigenvalue weighted by Crippen LogP contribution is -2.42. The van der Waals surface area contributed by atoms with E-state index in [9.17, 15) is 4.39 Å². The summed E-state index contributed by atoms with van der Waals surface area (Å²) in [6, 6.07) is 5.20. The molecule has 1 aromatic heterocycles. The van der Waals surface area contributed by atoms with Gasteiger partial charge in [-0.2, -0.15) is 4.39 Å². The molecule has 1 unspecified atom stereocenters. The number of methoxy groups -OCH3 is 1. The lowest BCUT2D eigenvalue weighted by Gasteiger charge is -2.25. The van der Waals surface area contributed by atoms with Crippen LogP contribution in [0.5, 0.6) is 5.75 Å². The minimum Gasteiger partial charge on any atom is -0.496 e. The van der Waals surface area contributed by atoms with Crippen LogP contribution in [0.25, 0.3) is 10.1 Å². The highest BCUT2D eigenvalue weighted by Crippen LogP contribution is 2.38. The summed E-state index contributed by atoms with van der Waals surface area (Å²) in [5.41, 5.74) is -0.446. The number of halogens is 1. The van der Waals surface area contributed by atoms with Crippen LogP contribution in [0.1, 0.15) is 20.8 Å². The molecule has 21 heavy (non-hydrogen) atoms. The third-order valence-corrected chi connectivity index (χ3v) is 5.04. The van der Waals surface area contributed by atoms with Gasteiger partial charge in [0.05, 0.1) is 14.0 Å². The first-order chi connectivity index (χ1) is 9.75. The molecular weight excluding hydrogens is 290 g/mol. The number of fused-ring (bicyclic) bond motifs is 1. The van der Waals surface area contributed by atoms with Crippen molar-refractivity contribution in [3.05, 3.63) is 30.3 Å². The van der Waals surface area contributed by atoms with E-state index in [4.69, 9.17) is 14.0 Å². The van der Waals surface area contributed by atoms with Crippen LogP contribution in [0.4, 0.5) is 4.39 Å². The smallest absolute Gasteiger partial charge is 0.496 e. The van der Waals surface area contributed by atoms with Gasteiger partial charge in [-0.05, 0) is 26.0 Å². The van der Waals surface area contributed by atoms with Gasteiger partial charge in [0.25, 0.3) is 0 Å². The second-order valence-electron chi connectivity index (χ2n) is 5.96. The summed E-state index contributed by atoms with van der Waals surface area (Å²) < 4.78 is 31.7. The largest absolute Gasteiger partial charge is 0.501 e. The molecule has 1 atom stereocenters. The standard InChI is InChI=1S/C15H17BFO3S/c1-14(2)15(3,4)20-16(19-14)10-6-7-11-9(13(10)18-5)8-12(17)21-11/h6-8H,1H2,2-5H3/q+1. The van der Waals surface area contributed by atoms with Crippen molar-refractivity contribution in [3.8, 4) is 5.75 Å². The molecule has 1 aliphatic rings. The Balaban J connectivity index is 2.09. The molecule has 1 saturated heterocycles. The zero-order valence-electron chi connectivity index (χ0n) is 12.5. The zero-order chi connectivity index (χ0) is 15.4. The van der Waals surface area contributed by atoms with E-state index in [1.807, 2.05) is 32.9 Å². The van der Waals surface area contributed by atoms with E-state index >= 15 is 0 Å².